The number of amides is 1. The lowest BCUT2D eigenvalue weighted by Crippen LogP contribution is -2.25. The van der Waals surface area contributed by atoms with Crippen LogP contribution in [0, 0.1) is 0 Å². The van der Waals surface area contributed by atoms with E-state index in [1.165, 1.54) is 0 Å². The van der Waals surface area contributed by atoms with Crippen molar-refractivity contribution in [2.24, 2.45) is 7.05 Å². The summed E-state index contributed by atoms with van der Waals surface area (Å²) < 4.78 is 1.63. The van der Waals surface area contributed by atoms with Gasteiger partial charge in [-0.3, -0.25) is 9.48 Å². The SMILES string of the molecule is Cn1nc(C2CC2)cc1C(=O)NCc1ccc(Cl)c(CO)c1. The molecule has 2 aromatic rings. The Balaban J connectivity index is 1.67. The Morgan fingerprint density at radius 1 is 1.45 bits per heavy atom. The molecule has 1 heterocycles. The second-order valence-electron chi connectivity index (χ2n) is 5.62. The normalized spacial score (nSPS) is 14.1. The van der Waals surface area contributed by atoms with Crippen molar-refractivity contribution in [3.05, 3.63) is 51.8 Å². The van der Waals surface area contributed by atoms with Crippen LogP contribution in [-0.2, 0) is 20.2 Å². The fourth-order valence-corrected chi connectivity index (χ4v) is 2.59. The number of halogens is 1. The van der Waals surface area contributed by atoms with Crippen LogP contribution >= 0.6 is 11.6 Å². The monoisotopic (exact) mass is 319 g/mol. The summed E-state index contributed by atoms with van der Waals surface area (Å²) in [5.41, 5.74) is 3.12. The van der Waals surface area contributed by atoms with Gasteiger partial charge >= 0.3 is 0 Å². The van der Waals surface area contributed by atoms with Gasteiger partial charge in [-0.05, 0) is 36.1 Å². The van der Waals surface area contributed by atoms with Gasteiger partial charge in [-0.15, -0.1) is 0 Å². The van der Waals surface area contributed by atoms with Gasteiger partial charge in [0.15, 0.2) is 0 Å². The van der Waals surface area contributed by atoms with Crippen molar-refractivity contribution in [2.45, 2.75) is 31.9 Å². The summed E-state index contributed by atoms with van der Waals surface area (Å²) in [6.45, 7) is 0.264. The van der Waals surface area contributed by atoms with Crippen molar-refractivity contribution >= 4 is 17.5 Å². The highest BCUT2D eigenvalue weighted by Gasteiger charge is 2.27. The minimum atomic E-state index is -0.151. The molecule has 5 nitrogen and oxygen atoms in total. The second kappa shape index (κ2) is 6.10. The van der Waals surface area contributed by atoms with Crippen LogP contribution < -0.4 is 5.32 Å². The molecule has 22 heavy (non-hydrogen) atoms. The van der Waals surface area contributed by atoms with Crippen molar-refractivity contribution in [3.8, 4) is 0 Å². The predicted octanol–water partition coefficient (Wildman–Crippen LogP) is 2.37. The number of hydrogen-bond donors (Lipinski definition) is 2. The van der Waals surface area contributed by atoms with E-state index in [1.54, 1.807) is 23.9 Å². The Morgan fingerprint density at radius 3 is 2.91 bits per heavy atom. The van der Waals surface area contributed by atoms with Crippen LogP contribution in [0.25, 0.3) is 0 Å². The molecule has 2 N–H and O–H groups in total. The molecule has 1 aliphatic carbocycles. The van der Waals surface area contributed by atoms with Gasteiger partial charge in [0, 0.05) is 24.5 Å². The van der Waals surface area contributed by atoms with Crippen LogP contribution in [0.4, 0.5) is 0 Å². The molecular weight excluding hydrogens is 302 g/mol. The Bertz CT molecular complexity index is 707. The number of aliphatic hydroxyl groups is 1. The van der Waals surface area contributed by atoms with Gasteiger partial charge in [0.1, 0.15) is 5.69 Å². The first-order valence-electron chi connectivity index (χ1n) is 7.28. The number of carbonyl (C=O) groups excluding carboxylic acids is 1. The van der Waals surface area contributed by atoms with E-state index in [0.29, 0.717) is 28.7 Å². The summed E-state index contributed by atoms with van der Waals surface area (Å²) in [6.07, 6.45) is 2.32. The van der Waals surface area contributed by atoms with Gasteiger partial charge in [0.2, 0.25) is 0 Å². The van der Waals surface area contributed by atoms with E-state index in [4.69, 9.17) is 11.6 Å². The van der Waals surface area contributed by atoms with E-state index in [9.17, 15) is 9.90 Å². The summed E-state index contributed by atoms with van der Waals surface area (Å²) in [5, 5.41) is 17.0. The largest absolute Gasteiger partial charge is 0.392 e. The van der Waals surface area contributed by atoms with Crippen molar-refractivity contribution in [3.63, 3.8) is 0 Å². The van der Waals surface area contributed by atoms with Crippen molar-refractivity contribution in [2.75, 3.05) is 0 Å². The number of nitrogens with one attached hydrogen (secondary N) is 1. The van der Waals surface area contributed by atoms with E-state index in [1.807, 2.05) is 12.1 Å². The first-order chi connectivity index (χ1) is 10.6. The summed E-state index contributed by atoms with van der Waals surface area (Å²) in [7, 11) is 1.78. The average molecular weight is 320 g/mol. The number of nitrogens with zero attached hydrogens (tertiary/aromatic N) is 2. The zero-order valence-electron chi connectivity index (χ0n) is 12.3. The summed E-state index contributed by atoms with van der Waals surface area (Å²) in [5.74, 6) is 0.374. The molecule has 0 aliphatic heterocycles. The highest BCUT2D eigenvalue weighted by Crippen LogP contribution is 2.39. The zero-order valence-corrected chi connectivity index (χ0v) is 13.1. The number of carbonyl (C=O) groups is 1. The molecule has 3 rings (SSSR count). The topological polar surface area (TPSA) is 67.2 Å². The Labute approximate surface area is 133 Å². The molecule has 1 aromatic carbocycles. The minimum Gasteiger partial charge on any atom is -0.392 e. The average Bonchev–Trinajstić information content (AvgIpc) is 3.29. The van der Waals surface area contributed by atoms with Crippen LogP contribution in [0.5, 0.6) is 0 Å². The van der Waals surface area contributed by atoms with Crippen LogP contribution in [0.1, 0.15) is 46.1 Å². The van der Waals surface area contributed by atoms with E-state index >= 15 is 0 Å². The molecule has 1 amide bonds. The van der Waals surface area contributed by atoms with E-state index in [-0.39, 0.29) is 12.5 Å². The third kappa shape index (κ3) is 3.15. The van der Waals surface area contributed by atoms with Gasteiger partial charge in [-0.1, -0.05) is 23.7 Å². The molecule has 0 saturated heterocycles. The Hall–Kier alpha value is -1.85. The maximum absolute atomic E-state index is 12.3. The molecule has 1 fully saturated rings. The number of rotatable bonds is 5. The molecule has 0 unspecified atom stereocenters. The fourth-order valence-electron chi connectivity index (χ4n) is 2.41. The summed E-state index contributed by atoms with van der Waals surface area (Å²) in [6, 6.07) is 7.22. The first-order valence-corrected chi connectivity index (χ1v) is 7.66. The number of benzene rings is 1. The zero-order chi connectivity index (χ0) is 15.7. The van der Waals surface area contributed by atoms with Gasteiger partial charge in [0.25, 0.3) is 5.91 Å². The maximum atomic E-state index is 12.3. The van der Waals surface area contributed by atoms with E-state index < -0.39 is 0 Å². The minimum absolute atomic E-state index is 0.118. The maximum Gasteiger partial charge on any atom is 0.269 e. The number of aromatic nitrogens is 2. The van der Waals surface area contributed by atoms with Crippen molar-refractivity contribution in [1.82, 2.24) is 15.1 Å². The highest BCUT2D eigenvalue weighted by molar-refractivity contribution is 6.31. The number of hydrogen-bond acceptors (Lipinski definition) is 3. The standard InChI is InChI=1S/C16H18ClN3O2/c1-20-15(7-14(19-20)11-3-4-11)16(22)18-8-10-2-5-13(17)12(6-10)9-21/h2,5-7,11,21H,3-4,8-9H2,1H3,(H,18,22). The molecule has 1 saturated carbocycles. The molecule has 6 heteroatoms. The lowest BCUT2D eigenvalue weighted by molar-refractivity contribution is 0.0941. The Kier molecular flexibility index (Phi) is 4.18. The molecular formula is C16H18ClN3O2. The smallest absolute Gasteiger partial charge is 0.269 e. The third-order valence-corrected chi connectivity index (χ3v) is 4.23. The van der Waals surface area contributed by atoms with Crippen molar-refractivity contribution in [1.29, 1.82) is 0 Å². The third-order valence-electron chi connectivity index (χ3n) is 3.86. The van der Waals surface area contributed by atoms with E-state index in [2.05, 4.69) is 10.4 Å². The lowest BCUT2D eigenvalue weighted by Gasteiger charge is -2.08. The predicted molar refractivity (Wildman–Crippen MR) is 83.7 cm³/mol. The first kappa shape index (κ1) is 15.1. The molecule has 0 spiro atoms. The van der Waals surface area contributed by atoms with Crippen LogP contribution in [0.3, 0.4) is 0 Å². The molecule has 0 atom stereocenters. The quantitative estimate of drug-likeness (QED) is 0.889. The molecule has 1 aromatic heterocycles. The van der Waals surface area contributed by atoms with Gasteiger partial charge in [-0.2, -0.15) is 5.10 Å². The molecule has 0 bridgehead atoms. The molecule has 0 radical (unpaired) electrons. The summed E-state index contributed by atoms with van der Waals surface area (Å²) in [4.78, 5) is 12.3. The van der Waals surface area contributed by atoms with Crippen molar-refractivity contribution < 1.29 is 9.90 Å². The summed E-state index contributed by atoms with van der Waals surface area (Å²) >= 11 is 5.96. The molecule has 116 valence electrons. The highest BCUT2D eigenvalue weighted by atomic mass is 35.5. The van der Waals surface area contributed by atoms with Gasteiger partial charge in [-0.25, -0.2) is 0 Å². The Morgan fingerprint density at radius 2 is 2.23 bits per heavy atom. The van der Waals surface area contributed by atoms with Crippen LogP contribution in [-0.4, -0.2) is 20.8 Å². The lowest BCUT2D eigenvalue weighted by atomic mass is 10.1. The number of aryl methyl sites for hydroxylation is 1. The van der Waals surface area contributed by atoms with Crippen LogP contribution in [0.15, 0.2) is 24.3 Å². The fraction of sp³-hybridized carbons (Fsp3) is 0.375. The van der Waals surface area contributed by atoms with Gasteiger partial charge < -0.3 is 10.4 Å². The van der Waals surface area contributed by atoms with Gasteiger partial charge in [0.05, 0.1) is 12.3 Å². The molecule has 1 aliphatic rings. The van der Waals surface area contributed by atoms with Crippen LogP contribution in [0.2, 0.25) is 5.02 Å². The number of aliphatic hydroxyl groups excluding tert-OH is 1. The van der Waals surface area contributed by atoms with E-state index in [0.717, 1.165) is 24.1 Å². The second-order valence-corrected chi connectivity index (χ2v) is 6.03.